The molecular weight excluding hydrogens is 677 g/mol. The third-order valence-electron chi connectivity index (χ3n) is 11.1. The number of imidazole rings is 1. The monoisotopic (exact) mass is 714 g/mol. The number of nitrogens with zero attached hydrogens (tertiary/aromatic N) is 2. The smallest absolute Gasteiger partial charge is 0.145 e. The van der Waals surface area contributed by atoms with Crippen molar-refractivity contribution in [3.8, 4) is 50.5 Å². The summed E-state index contributed by atoms with van der Waals surface area (Å²) < 4.78 is 2.20. The fourth-order valence-corrected chi connectivity index (χ4v) is 8.44. The minimum Gasteiger partial charge on any atom is -0.292 e. The lowest BCUT2D eigenvalue weighted by molar-refractivity contribution is 1.05. The van der Waals surface area contributed by atoms with Crippen LogP contribution in [0, 0.1) is 0 Å². The van der Waals surface area contributed by atoms with E-state index in [1.165, 1.54) is 70.9 Å². The first kappa shape index (κ1) is 33.3. The maximum atomic E-state index is 5.12. The van der Waals surface area contributed by atoms with E-state index in [1.54, 1.807) is 0 Å². The van der Waals surface area contributed by atoms with Gasteiger partial charge in [0.1, 0.15) is 5.82 Å². The summed E-state index contributed by atoms with van der Waals surface area (Å²) in [4.78, 5) is 5.12. The van der Waals surface area contributed by atoms with E-state index in [4.69, 9.17) is 4.98 Å². The van der Waals surface area contributed by atoms with Crippen molar-refractivity contribution in [2.45, 2.75) is 6.92 Å². The Kier molecular flexibility index (Phi) is 8.23. The first-order valence-corrected chi connectivity index (χ1v) is 19.2. The second-order valence-corrected chi connectivity index (χ2v) is 14.3. The van der Waals surface area contributed by atoms with E-state index in [-0.39, 0.29) is 0 Å². The highest BCUT2D eigenvalue weighted by Crippen LogP contribution is 2.46. The molecule has 0 amide bonds. The summed E-state index contributed by atoms with van der Waals surface area (Å²) in [6.07, 6.45) is 5.97. The summed E-state index contributed by atoms with van der Waals surface area (Å²) in [6, 6.07) is 66.2. The van der Waals surface area contributed by atoms with E-state index in [0.717, 1.165) is 34.0 Å². The maximum Gasteiger partial charge on any atom is 0.145 e. The Labute approximate surface area is 327 Å². The van der Waals surface area contributed by atoms with Crippen molar-refractivity contribution >= 4 is 55.2 Å². The molecule has 10 rings (SSSR count). The van der Waals surface area contributed by atoms with Crippen LogP contribution in [0.1, 0.15) is 18.3 Å². The highest BCUT2D eigenvalue weighted by molar-refractivity contribution is 6.22. The van der Waals surface area contributed by atoms with E-state index < -0.39 is 0 Å². The van der Waals surface area contributed by atoms with E-state index in [1.807, 2.05) is 31.2 Å². The summed E-state index contributed by atoms with van der Waals surface area (Å²) in [6.45, 7) is 6.17. The summed E-state index contributed by atoms with van der Waals surface area (Å²) in [5.41, 5.74) is 11.2. The van der Waals surface area contributed by atoms with Crippen LogP contribution < -0.4 is 0 Å². The van der Waals surface area contributed by atoms with Crippen molar-refractivity contribution in [3.05, 3.63) is 206 Å². The molecule has 0 spiro atoms. The van der Waals surface area contributed by atoms with Crippen molar-refractivity contribution in [3.63, 3.8) is 0 Å². The predicted octanol–water partition coefficient (Wildman–Crippen LogP) is 14.8. The molecule has 0 aliphatic heterocycles. The summed E-state index contributed by atoms with van der Waals surface area (Å²) in [7, 11) is 0. The SMILES string of the molecule is C=Cc1c(C=CC)nc(-c2ccc(-c3ccc4c(-c5ccc6ccccc6c5)c5ccccc5c(-c5ccc6ccccc6c5)c4c3)cc2)n1-c1ccccc1. The Morgan fingerprint density at radius 2 is 0.946 bits per heavy atom. The second kappa shape index (κ2) is 13.8. The lowest BCUT2D eigenvalue weighted by Crippen LogP contribution is -1.99. The van der Waals surface area contributed by atoms with Gasteiger partial charge in [0.15, 0.2) is 0 Å². The summed E-state index contributed by atoms with van der Waals surface area (Å²) >= 11 is 0. The molecule has 10 aromatic rings. The molecule has 9 aromatic carbocycles. The molecule has 0 radical (unpaired) electrons. The van der Waals surface area contributed by atoms with Gasteiger partial charge in [-0.2, -0.15) is 0 Å². The fraction of sp³-hybridized carbons (Fsp3) is 0.0185. The van der Waals surface area contributed by atoms with Crippen LogP contribution in [-0.2, 0) is 0 Å². The van der Waals surface area contributed by atoms with Crippen LogP contribution in [0.15, 0.2) is 195 Å². The Morgan fingerprint density at radius 1 is 0.446 bits per heavy atom. The van der Waals surface area contributed by atoms with E-state index in [0.29, 0.717) is 0 Å². The molecular formula is C54H38N2. The zero-order valence-corrected chi connectivity index (χ0v) is 31.2. The van der Waals surface area contributed by atoms with Crippen molar-refractivity contribution in [1.82, 2.24) is 9.55 Å². The van der Waals surface area contributed by atoms with Crippen LogP contribution in [-0.4, -0.2) is 9.55 Å². The van der Waals surface area contributed by atoms with Crippen LogP contribution in [0.3, 0.4) is 0 Å². The Balaban J connectivity index is 1.18. The minimum absolute atomic E-state index is 0.884. The van der Waals surface area contributed by atoms with Gasteiger partial charge in [-0.25, -0.2) is 4.98 Å². The van der Waals surface area contributed by atoms with Crippen LogP contribution in [0.25, 0.3) is 106 Å². The van der Waals surface area contributed by atoms with E-state index in [9.17, 15) is 0 Å². The Bertz CT molecular complexity index is 3150. The van der Waals surface area contributed by atoms with E-state index >= 15 is 0 Å². The molecule has 1 heterocycles. The largest absolute Gasteiger partial charge is 0.292 e. The van der Waals surface area contributed by atoms with Gasteiger partial charge < -0.3 is 0 Å². The maximum absolute atomic E-state index is 5.12. The van der Waals surface area contributed by atoms with Crippen LogP contribution in [0.2, 0.25) is 0 Å². The minimum atomic E-state index is 0.884. The lowest BCUT2D eigenvalue weighted by Gasteiger charge is -2.19. The lowest BCUT2D eigenvalue weighted by atomic mass is 9.84. The van der Waals surface area contributed by atoms with Crippen LogP contribution in [0.5, 0.6) is 0 Å². The van der Waals surface area contributed by atoms with Gasteiger partial charge in [0.2, 0.25) is 0 Å². The third-order valence-corrected chi connectivity index (χ3v) is 11.1. The average Bonchev–Trinajstić information content (AvgIpc) is 3.63. The molecule has 264 valence electrons. The van der Waals surface area contributed by atoms with Gasteiger partial charge in [-0.15, -0.1) is 0 Å². The normalized spacial score (nSPS) is 11.7. The van der Waals surface area contributed by atoms with E-state index in [2.05, 4.69) is 187 Å². The van der Waals surface area contributed by atoms with Gasteiger partial charge in [0, 0.05) is 11.3 Å². The number of rotatable bonds is 7. The van der Waals surface area contributed by atoms with Gasteiger partial charge in [-0.05, 0) is 126 Å². The van der Waals surface area contributed by atoms with Crippen molar-refractivity contribution in [2.24, 2.45) is 0 Å². The van der Waals surface area contributed by atoms with Gasteiger partial charge in [0.05, 0.1) is 11.4 Å². The zero-order chi connectivity index (χ0) is 37.6. The third kappa shape index (κ3) is 5.63. The zero-order valence-electron chi connectivity index (χ0n) is 31.2. The highest BCUT2D eigenvalue weighted by Gasteiger charge is 2.20. The average molecular weight is 715 g/mol. The second-order valence-electron chi connectivity index (χ2n) is 14.3. The molecule has 0 bridgehead atoms. The number of allylic oxidation sites excluding steroid dienone is 1. The molecule has 0 atom stereocenters. The number of para-hydroxylation sites is 1. The van der Waals surface area contributed by atoms with Gasteiger partial charge in [-0.1, -0.05) is 164 Å². The molecule has 0 N–H and O–H groups in total. The molecule has 0 unspecified atom stereocenters. The number of hydrogen-bond acceptors (Lipinski definition) is 1. The molecule has 2 nitrogen and oxygen atoms in total. The van der Waals surface area contributed by atoms with Crippen LogP contribution in [0.4, 0.5) is 0 Å². The number of benzene rings is 9. The molecule has 0 fully saturated rings. The number of fused-ring (bicyclic) bond motifs is 4. The quantitative estimate of drug-likeness (QED) is 0.150. The molecule has 0 saturated heterocycles. The molecule has 2 heteroatoms. The molecule has 56 heavy (non-hydrogen) atoms. The Morgan fingerprint density at radius 3 is 1.55 bits per heavy atom. The van der Waals surface area contributed by atoms with Crippen molar-refractivity contribution in [2.75, 3.05) is 0 Å². The van der Waals surface area contributed by atoms with Crippen LogP contribution >= 0.6 is 0 Å². The first-order chi connectivity index (χ1) is 27.7. The Hall–Kier alpha value is -7.29. The molecule has 0 aliphatic rings. The summed E-state index contributed by atoms with van der Waals surface area (Å²) in [5.74, 6) is 0.884. The van der Waals surface area contributed by atoms with Gasteiger partial charge >= 0.3 is 0 Å². The number of hydrogen-bond donors (Lipinski definition) is 0. The van der Waals surface area contributed by atoms with Crippen molar-refractivity contribution in [1.29, 1.82) is 0 Å². The van der Waals surface area contributed by atoms with Gasteiger partial charge in [-0.3, -0.25) is 4.57 Å². The molecule has 0 saturated carbocycles. The first-order valence-electron chi connectivity index (χ1n) is 19.2. The standard InChI is InChI=1S/C54H38N2/c1-3-14-50-51(4-2)56(45-19-6-5-7-20-45)54(55-50)39-27-23-38(24-28-39)42-31-32-48-49(35-42)53(44-30-26-37-16-9-11-18-41(37)34-44)47-22-13-12-21-46(47)52(48)43-29-25-36-15-8-10-17-40(36)33-43/h3-35H,2H2,1H3. The molecule has 1 aromatic heterocycles. The molecule has 0 aliphatic carbocycles. The predicted molar refractivity (Wildman–Crippen MR) is 240 cm³/mol. The fourth-order valence-electron chi connectivity index (χ4n) is 8.44. The topological polar surface area (TPSA) is 17.8 Å². The highest BCUT2D eigenvalue weighted by atomic mass is 15.1. The van der Waals surface area contributed by atoms with Gasteiger partial charge in [0.25, 0.3) is 0 Å². The van der Waals surface area contributed by atoms with Crippen molar-refractivity contribution < 1.29 is 0 Å². The number of aromatic nitrogens is 2. The summed E-state index contributed by atoms with van der Waals surface area (Å²) in [5, 5.41) is 9.92.